The second-order valence-corrected chi connectivity index (χ2v) is 3.16. The maximum Gasteiger partial charge on any atom is 0.0902 e. The molecule has 68 valence electrons. The van der Waals surface area contributed by atoms with Gasteiger partial charge in [-0.15, -0.1) is 0 Å². The normalized spacial score (nSPS) is 11.0. The van der Waals surface area contributed by atoms with E-state index < -0.39 is 0 Å². The fourth-order valence-corrected chi connectivity index (χ4v) is 1.08. The van der Waals surface area contributed by atoms with E-state index in [1.807, 2.05) is 6.07 Å². The molecule has 5 heteroatoms. The van der Waals surface area contributed by atoms with E-state index in [9.17, 15) is 0 Å². The molecule has 0 spiro atoms. The van der Waals surface area contributed by atoms with Crippen LogP contribution in [-0.4, -0.2) is 28.8 Å². The largest absolute Gasteiger partial charge is 0.378 e. The summed E-state index contributed by atoms with van der Waals surface area (Å²) in [7, 11) is 3.43. The molecule has 0 saturated heterocycles. The molecule has 0 aliphatic carbocycles. The Morgan fingerprint density at radius 2 is 2.50 bits per heavy atom. The molecule has 1 aromatic heterocycles. The summed E-state index contributed by atoms with van der Waals surface area (Å²) in [5.41, 5.74) is 1.88. The molecule has 0 bridgehead atoms. The van der Waals surface area contributed by atoms with Gasteiger partial charge in [0.05, 0.1) is 24.5 Å². The third kappa shape index (κ3) is 2.81. The van der Waals surface area contributed by atoms with E-state index in [0.29, 0.717) is 13.2 Å². The van der Waals surface area contributed by atoms with Crippen LogP contribution in [0.5, 0.6) is 0 Å². The van der Waals surface area contributed by atoms with Gasteiger partial charge in [-0.05, 0) is 17.8 Å². The Labute approximate surface area is 76.6 Å². The van der Waals surface area contributed by atoms with Crippen molar-refractivity contribution < 1.29 is 4.74 Å². The van der Waals surface area contributed by atoms with Gasteiger partial charge in [0.25, 0.3) is 0 Å². The topological polar surface area (TPSA) is 41.1 Å². The zero-order valence-corrected chi connectivity index (χ0v) is 7.93. The van der Waals surface area contributed by atoms with Crippen LogP contribution in [-0.2, 0) is 17.9 Å². The molecule has 1 rings (SSSR count). The van der Waals surface area contributed by atoms with Gasteiger partial charge in [-0.2, -0.15) is 5.10 Å². The highest BCUT2D eigenvalue weighted by Gasteiger charge is 2.01. The molecule has 0 unspecified atom stereocenters. The molecule has 1 heterocycles. The van der Waals surface area contributed by atoms with Crippen molar-refractivity contribution in [1.29, 1.82) is 0 Å². The first-order valence-corrected chi connectivity index (χ1v) is 3.95. The van der Waals surface area contributed by atoms with Gasteiger partial charge in [-0.1, -0.05) is 0 Å². The highest BCUT2D eigenvalue weighted by Crippen LogP contribution is 2.04. The number of nitrogens with zero attached hydrogens (tertiary/aromatic N) is 2. The minimum absolute atomic E-state index is 0.530. The molecule has 0 fully saturated rings. The number of aromatic nitrogens is 2. The minimum Gasteiger partial charge on any atom is -0.378 e. The Bertz CT molecular complexity index is 236. The average molecular weight is 190 g/mol. The molecule has 4 nitrogen and oxygen atoms in total. The van der Waals surface area contributed by atoms with E-state index in [4.69, 9.17) is 16.5 Å². The quantitative estimate of drug-likeness (QED) is 0.723. The maximum absolute atomic E-state index is 5.65. The molecule has 0 atom stereocenters. The lowest BCUT2D eigenvalue weighted by atomic mass is 10.3. The molecule has 12 heavy (non-hydrogen) atoms. The smallest absolute Gasteiger partial charge is 0.0902 e. The third-order valence-electron chi connectivity index (χ3n) is 1.36. The van der Waals surface area contributed by atoms with Gasteiger partial charge < -0.3 is 4.74 Å². The monoisotopic (exact) mass is 189 g/mol. The molecule has 0 aromatic carbocycles. The first-order chi connectivity index (χ1) is 5.72. The molecule has 0 aliphatic rings. The Kier molecular flexibility index (Phi) is 3.52. The van der Waals surface area contributed by atoms with E-state index in [-0.39, 0.29) is 0 Å². The van der Waals surface area contributed by atoms with Gasteiger partial charge in [-0.25, -0.2) is 4.42 Å². The molecule has 1 N–H and O–H groups in total. The standard InChI is InChI=1S/C7H12ClN3O/c1-11(8)4-6-3-7(5-12-2)10-9-6/h3H,4-5H2,1-2H3,(H,9,10). The van der Waals surface area contributed by atoms with Crippen LogP contribution >= 0.6 is 11.8 Å². The minimum atomic E-state index is 0.530. The lowest BCUT2D eigenvalue weighted by molar-refractivity contribution is 0.181. The van der Waals surface area contributed by atoms with Gasteiger partial charge in [0.1, 0.15) is 0 Å². The first kappa shape index (κ1) is 9.51. The second-order valence-electron chi connectivity index (χ2n) is 2.58. The van der Waals surface area contributed by atoms with Crippen LogP contribution in [0.25, 0.3) is 0 Å². The summed E-state index contributed by atoms with van der Waals surface area (Å²) in [5.74, 6) is 0. The molecule has 0 radical (unpaired) electrons. The van der Waals surface area contributed by atoms with E-state index in [0.717, 1.165) is 11.4 Å². The van der Waals surface area contributed by atoms with Gasteiger partial charge in [0.15, 0.2) is 0 Å². The highest BCUT2D eigenvalue weighted by molar-refractivity contribution is 6.13. The molecule has 1 aromatic rings. The van der Waals surface area contributed by atoms with Crippen LogP contribution in [0, 0.1) is 0 Å². The number of nitrogens with one attached hydrogen (secondary N) is 1. The lowest BCUT2D eigenvalue weighted by Crippen LogP contribution is -2.03. The lowest BCUT2D eigenvalue weighted by Gasteiger charge is -2.01. The van der Waals surface area contributed by atoms with Crippen LogP contribution in [0.15, 0.2) is 6.07 Å². The molecule has 0 saturated carbocycles. The number of aromatic amines is 1. The summed E-state index contributed by atoms with van der Waals surface area (Å²) < 4.78 is 6.48. The summed E-state index contributed by atoms with van der Waals surface area (Å²) in [6.07, 6.45) is 0. The number of ether oxygens (including phenoxy) is 1. The molecular weight excluding hydrogens is 178 g/mol. The number of halogens is 1. The maximum atomic E-state index is 5.65. The zero-order chi connectivity index (χ0) is 8.97. The average Bonchev–Trinajstić information content (AvgIpc) is 2.36. The van der Waals surface area contributed by atoms with Gasteiger partial charge in [0, 0.05) is 14.2 Å². The van der Waals surface area contributed by atoms with Crippen LogP contribution in [0.1, 0.15) is 11.4 Å². The molecule has 0 aliphatic heterocycles. The fourth-order valence-electron chi connectivity index (χ4n) is 0.947. The molecular formula is C7H12ClN3O. The van der Waals surface area contributed by atoms with Gasteiger partial charge >= 0.3 is 0 Å². The first-order valence-electron chi connectivity index (χ1n) is 3.61. The van der Waals surface area contributed by atoms with E-state index >= 15 is 0 Å². The number of rotatable bonds is 4. The van der Waals surface area contributed by atoms with Gasteiger partial charge in [0.2, 0.25) is 0 Å². The number of methoxy groups -OCH3 is 1. The van der Waals surface area contributed by atoms with E-state index in [1.165, 1.54) is 0 Å². The second kappa shape index (κ2) is 4.45. The summed E-state index contributed by atoms with van der Waals surface area (Å²) in [5, 5.41) is 6.89. The van der Waals surface area contributed by atoms with Crippen molar-refractivity contribution in [3.8, 4) is 0 Å². The summed E-state index contributed by atoms with van der Waals surface area (Å²) in [4.78, 5) is 0. The van der Waals surface area contributed by atoms with E-state index in [2.05, 4.69) is 10.2 Å². The molecule has 0 amide bonds. The van der Waals surface area contributed by atoms with Crippen molar-refractivity contribution >= 4 is 11.8 Å². The van der Waals surface area contributed by atoms with Crippen LogP contribution < -0.4 is 0 Å². The van der Waals surface area contributed by atoms with Crippen LogP contribution in [0.2, 0.25) is 0 Å². The Hall–Kier alpha value is -0.580. The van der Waals surface area contributed by atoms with Crippen molar-refractivity contribution in [2.24, 2.45) is 0 Å². The van der Waals surface area contributed by atoms with E-state index in [1.54, 1.807) is 18.6 Å². The third-order valence-corrected chi connectivity index (χ3v) is 1.48. The van der Waals surface area contributed by atoms with Crippen molar-refractivity contribution in [2.45, 2.75) is 13.2 Å². The summed E-state index contributed by atoms with van der Waals surface area (Å²) in [6.45, 7) is 1.18. The Balaban J connectivity index is 2.52. The predicted octanol–water partition coefficient (Wildman–Crippen LogP) is 1.14. The summed E-state index contributed by atoms with van der Waals surface area (Å²) in [6, 6.07) is 1.93. The van der Waals surface area contributed by atoms with Crippen molar-refractivity contribution in [1.82, 2.24) is 14.6 Å². The van der Waals surface area contributed by atoms with Crippen LogP contribution in [0.3, 0.4) is 0 Å². The zero-order valence-electron chi connectivity index (χ0n) is 7.17. The van der Waals surface area contributed by atoms with Crippen molar-refractivity contribution in [3.63, 3.8) is 0 Å². The van der Waals surface area contributed by atoms with Crippen molar-refractivity contribution in [3.05, 3.63) is 17.5 Å². The number of H-pyrrole nitrogens is 1. The predicted molar refractivity (Wildman–Crippen MR) is 46.6 cm³/mol. The summed E-state index contributed by atoms with van der Waals surface area (Å²) >= 11 is 5.65. The van der Waals surface area contributed by atoms with Gasteiger partial charge in [-0.3, -0.25) is 5.10 Å². The highest BCUT2D eigenvalue weighted by atomic mass is 35.5. The number of hydrogen-bond donors (Lipinski definition) is 1. The van der Waals surface area contributed by atoms with Crippen molar-refractivity contribution in [2.75, 3.05) is 14.2 Å². The fraction of sp³-hybridized carbons (Fsp3) is 0.571. The number of hydrogen-bond acceptors (Lipinski definition) is 3. The Morgan fingerprint density at radius 3 is 3.08 bits per heavy atom. The SMILES string of the molecule is COCc1cc(CN(C)Cl)[nH]n1. The van der Waals surface area contributed by atoms with Crippen LogP contribution in [0.4, 0.5) is 0 Å². The Morgan fingerprint density at radius 1 is 1.75 bits per heavy atom.